The molecule has 368 valence electrons. The van der Waals surface area contributed by atoms with Crippen LogP contribution in [-0.4, -0.2) is 228 Å². The zero-order valence-corrected chi connectivity index (χ0v) is 34.5. The van der Waals surface area contributed by atoms with Crippen molar-refractivity contribution in [2.75, 3.05) is 19.8 Å². The van der Waals surface area contributed by atoms with Crippen LogP contribution in [0.25, 0.3) is 0 Å². The largest absolute Gasteiger partial charge is 0.726 e. The van der Waals surface area contributed by atoms with Gasteiger partial charge in [-0.15, -0.1) is 6.58 Å². The number of hydrogen-bond donors (Lipinski definition) is 9. The number of carbonyl (C=O) groups excluding carboxylic acids is 4. The number of aliphatic carboxylic acids is 2. The summed E-state index contributed by atoms with van der Waals surface area (Å²) in [5, 5.41) is 103. The molecule has 20 atom stereocenters. The van der Waals surface area contributed by atoms with Gasteiger partial charge in [0.1, 0.15) is 97.5 Å². The van der Waals surface area contributed by atoms with E-state index in [4.69, 9.17) is 37.9 Å². The molecule has 4 saturated heterocycles. The molecule has 0 saturated carbocycles. The zero-order valence-electron chi connectivity index (χ0n) is 32.9. The van der Waals surface area contributed by atoms with Crippen LogP contribution < -0.4 is 20.8 Å². The highest BCUT2D eigenvalue weighted by molar-refractivity contribution is 7.81. The minimum absolute atomic E-state index is 0.338. The smallest absolute Gasteiger partial charge is 0.218 e. The van der Waals surface area contributed by atoms with E-state index >= 15 is 0 Å². The van der Waals surface area contributed by atoms with Crippen molar-refractivity contribution in [3.63, 3.8) is 0 Å². The van der Waals surface area contributed by atoms with Gasteiger partial charge in [0.25, 0.3) is 0 Å². The number of ether oxygens (including phenoxy) is 8. The van der Waals surface area contributed by atoms with Crippen LogP contribution in [0.15, 0.2) is 12.7 Å². The Labute approximate surface area is 361 Å². The summed E-state index contributed by atoms with van der Waals surface area (Å²) in [6.45, 7) is 2.33. The van der Waals surface area contributed by atoms with E-state index in [1.807, 2.05) is 0 Å². The number of carbonyl (C=O) groups is 4. The highest BCUT2D eigenvalue weighted by Gasteiger charge is 2.58. The van der Waals surface area contributed by atoms with Crippen molar-refractivity contribution in [3.8, 4) is 0 Å². The first-order chi connectivity index (χ1) is 29.7. The van der Waals surface area contributed by atoms with E-state index in [-0.39, 0.29) is 6.61 Å². The second-order valence-corrected chi connectivity index (χ2v) is 16.2. The van der Waals surface area contributed by atoms with Crippen LogP contribution in [-0.2, 0) is 86.2 Å². The fourth-order valence-corrected chi connectivity index (χ4v) is 8.05. The van der Waals surface area contributed by atoms with Gasteiger partial charge in [0.2, 0.25) is 32.6 Å². The van der Waals surface area contributed by atoms with Crippen molar-refractivity contribution >= 4 is 44.6 Å². The molecular formula is C31H44N2O29S2-4. The van der Waals surface area contributed by atoms with E-state index < -0.39 is 180 Å². The van der Waals surface area contributed by atoms with E-state index in [0.717, 1.165) is 13.8 Å². The van der Waals surface area contributed by atoms with E-state index in [1.54, 1.807) is 0 Å². The Morgan fingerprint density at radius 1 is 0.594 bits per heavy atom. The van der Waals surface area contributed by atoms with Crippen LogP contribution in [0.4, 0.5) is 0 Å². The van der Waals surface area contributed by atoms with E-state index in [0.29, 0.717) is 0 Å². The van der Waals surface area contributed by atoms with E-state index in [9.17, 15) is 91.1 Å². The maximum Gasteiger partial charge on any atom is 0.218 e. The van der Waals surface area contributed by atoms with Gasteiger partial charge >= 0.3 is 0 Å². The standard InChI is InChI=1S/C31H48N2O29S2/c1-4-5-53-28-12(32-8(2)36)21(19(10(6-34)54-28)61-63(47,48)49)56-31-18(42)16(40)23(25(60-31)27(45)46)58-29-13(33-9(3)37)22(20(11(7-35)55-29)62-64(50,51)52)57-30-17(41)14(38)15(39)24(59-30)26(43)44/h4,10-25,28-31,34-35,38-42H,1,5-7H2,2-3H3,(H,32,36)(H,33,37)(H,43,44)(H,45,46)(H,47,48,49)(H,50,51,52)/p-4/t10?,11?,12?,13?,14-,15-,16+,17?,18?,19-,20-,21+,22+,23-,24?,25?,28+,29-,30+,31+/m0/s1. The Morgan fingerprint density at radius 3 is 1.41 bits per heavy atom. The molecule has 0 aromatic rings. The molecule has 0 aromatic heterocycles. The SMILES string of the molecule is C=CCO[C@@H]1OC(CO)[C@H](OS(=O)(=O)[O-])[C@H](O[C@@H]2OC(C(=O)[O-])[C@@H](O[C@@H]3OC(CO)[C@H](OS(=O)(=O)[O-])[C@H](O[C@@H]4OC(C(=O)[O-])[C@@H](O)[C@H](O)C4O)C3NC(C)=O)[C@H](O)C2O)C1NC(C)=O. The van der Waals surface area contributed by atoms with Crippen molar-refractivity contribution in [1.82, 2.24) is 10.6 Å². The summed E-state index contributed by atoms with van der Waals surface area (Å²) >= 11 is 0. The van der Waals surface area contributed by atoms with Gasteiger partial charge in [0.05, 0.1) is 31.8 Å². The van der Waals surface area contributed by atoms with Gasteiger partial charge in [0, 0.05) is 13.8 Å². The third kappa shape index (κ3) is 13.0. The van der Waals surface area contributed by atoms with Gasteiger partial charge in [0.15, 0.2) is 25.2 Å². The average molecular weight is 973 g/mol. The van der Waals surface area contributed by atoms with Crippen LogP contribution in [0.5, 0.6) is 0 Å². The lowest BCUT2D eigenvalue weighted by molar-refractivity contribution is -0.385. The number of carboxylic acids is 2. The second kappa shape index (κ2) is 22.0. The molecule has 31 nitrogen and oxygen atoms in total. The van der Waals surface area contributed by atoms with Crippen LogP contribution in [0.2, 0.25) is 0 Å². The molecule has 4 rings (SSSR count). The van der Waals surface area contributed by atoms with Crippen molar-refractivity contribution in [1.29, 1.82) is 0 Å². The van der Waals surface area contributed by atoms with Gasteiger partial charge in [-0.25, -0.2) is 16.8 Å². The molecule has 0 aliphatic carbocycles. The lowest BCUT2D eigenvalue weighted by atomic mass is 9.94. The second-order valence-electron chi connectivity index (χ2n) is 14.2. The Bertz CT molecular complexity index is 1880. The quantitative estimate of drug-likeness (QED) is 0.0330. The van der Waals surface area contributed by atoms with Crippen molar-refractivity contribution < 1.29 is 137 Å². The molecular weight excluding hydrogens is 928 g/mol. The third-order valence-electron chi connectivity index (χ3n) is 9.68. The zero-order chi connectivity index (χ0) is 48.2. The molecule has 64 heavy (non-hydrogen) atoms. The summed E-state index contributed by atoms with van der Waals surface area (Å²) in [6, 6.07) is -3.97. The van der Waals surface area contributed by atoms with Crippen molar-refractivity contribution in [2.24, 2.45) is 0 Å². The summed E-state index contributed by atoms with van der Waals surface area (Å²) in [7, 11) is -11.6. The molecule has 4 fully saturated rings. The topological polar surface area (TPSA) is 487 Å². The Kier molecular flexibility index (Phi) is 18.4. The van der Waals surface area contributed by atoms with Gasteiger partial charge in [-0.2, -0.15) is 0 Å². The van der Waals surface area contributed by atoms with Crippen molar-refractivity contribution in [3.05, 3.63) is 12.7 Å². The van der Waals surface area contributed by atoms with Crippen molar-refractivity contribution in [2.45, 2.75) is 137 Å². The number of amides is 2. The van der Waals surface area contributed by atoms with Crippen LogP contribution in [0.1, 0.15) is 13.8 Å². The minimum Gasteiger partial charge on any atom is -0.726 e. The van der Waals surface area contributed by atoms with Crippen LogP contribution in [0.3, 0.4) is 0 Å². The van der Waals surface area contributed by atoms with Gasteiger partial charge < -0.3 is 113 Å². The summed E-state index contributed by atoms with van der Waals surface area (Å²) in [5.41, 5.74) is 0. The minimum atomic E-state index is -5.87. The molecule has 4 aliphatic heterocycles. The molecule has 4 heterocycles. The molecule has 0 aromatic carbocycles. The Morgan fingerprint density at radius 2 is 1.00 bits per heavy atom. The summed E-state index contributed by atoms with van der Waals surface area (Å²) in [6.07, 6.45) is -41.1. The predicted octanol–water partition coefficient (Wildman–Crippen LogP) is -11.8. The monoisotopic (exact) mass is 972 g/mol. The number of carboxylic acid groups (broad SMARTS) is 2. The molecule has 4 aliphatic rings. The number of aliphatic hydroxyl groups excluding tert-OH is 7. The number of aliphatic hydroxyl groups is 7. The lowest BCUT2D eigenvalue weighted by Crippen LogP contribution is -2.71. The summed E-state index contributed by atoms with van der Waals surface area (Å²) in [4.78, 5) is 49.1. The molecule has 9 N–H and O–H groups in total. The van der Waals surface area contributed by atoms with E-state index in [2.05, 4.69) is 25.6 Å². The highest BCUT2D eigenvalue weighted by Crippen LogP contribution is 2.36. The van der Waals surface area contributed by atoms with Crippen LogP contribution in [0, 0.1) is 0 Å². The molecule has 2 amide bonds. The Hall–Kier alpha value is -3.24. The normalized spacial score (nSPS) is 40.8. The maximum absolute atomic E-state index is 12.6. The first kappa shape index (κ1) is 53.4. The number of rotatable bonds is 19. The number of nitrogens with one attached hydrogen (secondary N) is 2. The number of hydrogen-bond acceptors (Lipinski definition) is 29. The molecule has 0 radical (unpaired) electrons. The summed E-state index contributed by atoms with van der Waals surface area (Å²) in [5.74, 6) is -6.49. The fraction of sp³-hybridized carbons (Fsp3) is 0.806. The molecule has 0 spiro atoms. The van der Waals surface area contributed by atoms with Gasteiger partial charge in [-0.05, 0) is 0 Å². The lowest BCUT2D eigenvalue weighted by Gasteiger charge is -2.51. The summed E-state index contributed by atoms with van der Waals surface area (Å²) < 4.78 is 124. The van der Waals surface area contributed by atoms with E-state index in [1.165, 1.54) is 6.08 Å². The predicted molar refractivity (Wildman–Crippen MR) is 184 cm³/mol. The van der Waals surface area contributed by atoms with Gasteiger partial charge in [-0.3, -0.25) is 18.0 Å². The van der Waals surface area contributed by atoms with Gasteiger partial charge in [-0.1, -0.05) is 6.08 Å². The average Bonchev–Trinajstić information content (AvgIpc) is 3.18. The third-order valence-corrected chi connectivity index (χ3v) is 10.6. The fourth-order valence-electron chi connectivity index (χ4n) is 7.04. The molecule has 0 bridgehead atoms. The maximum atomic E-state index is 12.6. The van der Waals surface area contributed by atoms with Crippen LogP contribution >= 0.6 is 0 Å². The highest BCUT2D eigenvalue weighted by atomic mass is 32.3. The molecule has 33 heteroatoms. The molecule has 8 unspecified atom stereocenters. The first-order valence-electron chi connectivity index (χ1n) is 18.4. The Balaban J connectivity index is 1.75. The first-order valence-corrected chi connectivity index (χ1v) is 21.1.